The van der Waals surface area contributed by atoms with Crippen molar-refractivity contribution in [3.05, 3.63) is 116 Å². The Morgan fingerprint density at radius 1 is 0.898 bits per heavy atom. The Morgan fingerprint density at radius 2 is 1.63 bits per heavy atom. The number of carbonyl (C=O) groups is 2. The number of carbonyl (C=O) groups excluding carboxylic acids is 2. The molecule has 9 nitrogen and oxygen atoms in total. The third-order valence-electron chi connectivity index (χ3n) is 9.13. The zero-order valence-electron chi connectivity index (χ0n) is 27.2. The summed E-state index contributed by atoms with van der Waals surface area (Å²) in [6, 6.07) is 19.4. The molecule has 2 atom stereocenters. The van der Waals surface area contributed by atoms with Crippen molar-refractivity contribution in [1.82, 2.24) is 4.90 Å². The Morgan fingerprint density at radius 3 is 2.31 bits per heavy atom. The third-order valence-corrected chi connectivity index (χ3v) is 10.1. The fraction of sp³-hybridized carbons (Fsp3) is 0.324. The number of amides is 1. The number of para-hydroxylation sites is 1. The normalized spacial score (nSPS) is 18.8. The minimum atomic E-state index is -0.787. The van der Waals surface area contributed by atoms with E-state index in [0.29, 0.717) is 60.4 Å². The number of halogens is 3. The van der Waals surface area contributed by atoms with Crippen LogP contribution >= 0.6 is 34.8 Å². The molecule has 1 amide bonds. The van der Waals surface area contributed by atoms with Crippen LogP contribution in [-0.4, -0.2) is 56.9 Å². The molecule has 4 heterocycles. The van der Waals surface area contributed by atoms with Gasteiger partial charge in [0.1, 0.15) is 22.3 Å². The molecule has 0 aliphatic carbocycles. The Hall–Kier alpha value is -4.02. The van der Waals surface area contributed by atoms with Crippen LogP contribution in [0.2, 0.25) is 15.1 Å². The van der Waals surface area contributed by atoms with Crippen molar-refractivity contribution in [2.24, 2.45) is 5.92 Å². The zero-order chi connectivity index (χ0) is 34.5. The Kier molecular flexibility index (Phi) is 11.1. The van der Waals surface area contributed by atoms with Gasteiger partial charge in [0.05, 0.1) is 37.0 Å². The molecule has 7 rings (SSSR count). The number of nitrogens with one attached hydrogen (secondary N) is 1. The predicted molar refractivity (Wildman–Crippen MR) is 188 cm³/mol. The Bertz CT molecular complexity index is 1800. The SMILES string of the molecule is COc1ccc([C@H](Cc2c(Cl)c[nH+]cc2Cl)OC(=O)c2cccc(CN(C(=O)O[C@H]3CN4CCC3CC4)c3ccccc3Cl)c2)cc1OC. The zero-order valence-corrected chi connectivity index (χ0v) is 29.4. The second-order valence-corrected chi connectivity index (χ2v) is 13.4. The van der Waals surface area contributed by atoms with Gasteiger partial charge in [0.2, 0.25) is 0 Å². The highest BCUT2D eigenvalue weighted by atomic mass is 35.5. The summed E-state index contributed by atoms with van der Waals surface area (Å²) in [6.07, 6.45) is 4.00. The fourth-order valence-electron chi connectivity index (χ4n) is 6.47. The first-order chi connectivity index (χ1) is 23.7. The molecule has 0 spiro atoms. The summed E-state index contributed by atoms with van der Waals surface area (Å²) in [5, 5.41) is 1.22. The number of H-pyrrole nitrogens is 1. The van der Waals surface area contributed by atoms with Crippen LogP contribution in [-0.2, 0) is 22.4 Å². The number of aromatic amines is 1. The molecule has 4 aromatic rings. The molecular formula is C37H37Cl3N3O6+. The fourth-order valence-corrected chi connectivity index (χ4v) is 7.24. The molecule has 1 N–H and O–H groups in total. The van der Waals surface area contributed by atoms with E-state index in [9.17, 15) is 9.59 Å². The largest absolute Gasteiger partial charge is 0.493 e. The number of pyridine rings is 1. The van der Waals surface area contributed by atoms with Gasteiger partial charge in [-0.3, -0.25) is 9.80 Å². The maximum atomic E-state index is 13.8. The molecule has 3 aromatic carbocycles. The molecule has 3 aliphatic heterocycles. The van der Waals surface area contributed by atoms with Gasteiger partial charge in [-0.2, -0.15) is 0 Å². The van der Waals surface area contributed by atoms with Gasteiger partial charge in [-0.15, -0.1) is 0 Å². The van der Waals surface area contributed by atoms with Crippen molar-refractivity contribution in [1.29, 1.82) is 0 Å². The summed E-state index contributed by atoms with van der Waals surface area (Å²) in [7, 11) is 3.08. The first-order valence-electron chi connectivity index (χ1n) is 16.0. The highest BCUT2D eigenvalue weighted by molar-refractivity contribution is 6.35. The number of ether oxygens (including phenoxy) is 4. The Labute approximate surface area is 300 Å². The molecule has 0 saturated carbocycles. The molecule has 3 saturated heterocycles. The molecule has 256 valence electrons. The van der Waals surface area contributed by atoms with Crippen LogP contribution in [0.1, 0.15) is 46.0 Å². The number of piperidine rings is 3. The first-order valence-corrected chi connectivity index (χ1v) is 17.2. The van der Waals surface area contributed by atoms with Crippen molar-refractivity contribution < 1.29 is 33.5 Å². The number of rotatable bonds is 11. The summed E-state index contributed by atoms with van der Waals surface area (Å²) in [4.78, 5) is 34.4. The number of esters is 1. The maximum absolute atomic E-state index is 13.8. The second kappa shape index (κ2) is 15.7. The van der Waals surface area contributed by atoms with Crippen LogP contribution < -0.4 is 19.4 Å². The average Bonchev–Trinajstić information content (AvgIpc) is 3.12. The average molecular weight is 726 g/mol. The van der Waals surface area contributed by atoms with Crippen LogP contribution in [0.25, 0.3) is 0 Å². The molecule has 1 aromatic heterocycles. The topological polar surface area (TPSA) is 91.7 Å². The molecular weight excluding hydrogens is 689 g/mol. The molecule has 49 heavy (non-hydrogen) atoms. The number of hydrogen-bond donors (Lipinski definition) is 0. The number of benzene rings is 3. The summed E-state index contributed by atoms with van der Waals surface area (Å²) in [6.45, 7) is 2.92. The number of anilines is 1. The number of nitrogens with zero attached hydrogens (tertiary/aromatic N) is 2. The van der Waals surface area contributed by atoms with E-state index in [1.807, 2.05) is 18.2 Å². The lowest BCUT2D eigenvalue weighted by molar-refractivity contribution is -0.377. The van der Waals surface area contributed by atoms with Crippen LogP contribution in [0, 0.1) is 5.92 Å². The van der Waals surface area contributed by atoms with Gasteiger partial charge in [-0.05, 0) is 79.4 Å². The van der Waals surface area contributed by atoms with E-state index >= 15 is 0 Å². The van der Waals surface area contributed by atoms with Crippen molar-refractivity contribution in [3.63, 3.8) is 0 Å². The van der Waals surface area contributed by atoms with Gasteiger partial charge in [0, 0.05) is 18.5 Å². The van der Waals surface area contributed by atoms with E-state index < -0.39 is 18.2 Å². The smallest absolute Gasteiger partial charge is 0.414 e. The van der Waals surface area contributed by atoms with E-state index in [1.54, 1.807) is 68.0 Å². The Balaban J connectivity index is 1.26. The van der Waals surface area contributed by atoms with Gasteiger partial charge in [0.15, 0.2) is 23.9 Å². The summed E-state index contributed by atoms with van der Waals surface area (Å²) < 4.78 is 23.2. The van der Waals surface area contributed by atoms with E-state index in [1.165, 1.54) is 12.0 Å². The molecule has 0 unspecified atom stereocenters. The van der Waals surface area contributed by atoms with Gasteiger partial charge in [-0.1, -0.05) is 65.1 Å². The van der Waals surface area contributed by atoms with Crippen molar-refractivity contribution in [3.8, 4) is 11.5 Å². The summed E-state index contributed by atoms with van der Waals surface area (Å²) >= 11 is 19.6. The standard InChI is InChI=1S/C37H36Cl3N3O6/c1-46-32-11-10-25(17-34(32)47-2)33(18-27-29(39)19-41-20-30(27)40)48-36(44)26-7-5-6-23(16-26)21-43(31-9-4-3-8-28(31)38)37(45)49-35-22-42-14-12-24(35)13-15-42/h3-11,16-17,19-20,24,33,35H,12-15,18,21-22H2,1-2H3/p+1/t33-,35-/m0/s1. The molecule has 12 heteroatoms. The van der Waals surface area contributed by atoms with E-state index in [0.717, 1.165) is 32.5 Å². The van der Waals surface area contributed by atoms with E-state index in [2.05, 4.69) is 9.88 Å². The number of hydrogen-bond acceptors (Lipinski definition) is 7. The molecule has 0 radical (unpaired) electrons. The van der Waals surface area contributed by atoms with E-state index in [4.69, 9.17) is 53.8 Å². The predicted octanol–water partition coefficient (Wildman–Crippen LogP) is 7.86. The second-order valence-electron chi connectivity index (χ2n) is 12.1. The quantitative estimate of drug-likeness (QED) is 0.146. The van der Waals surface area contributed by atoms with Crippen molar-refractivity contribution in [2.45, 2.75) is 38.0 Å². The molecule has 3 aliphatic rings. The van der Waals surface area contributed by atoms with Crippen LogP contribution in [0.15, 0.2) is 79.1 Å². The lowest BCUT2D eigenvalue weighted by Gasteiger charge is -2.44. The highest BCUT2D eigenvalue weighted by Crippen LogP contribution is 2.36. The monoisotopic (exact) mass is 724 g/mol. The number of aromatic nitrogens is 1. The van der Waals surface area contributed by atoms with E-state index in [-0.39, 0.29) is 19.1 Å². The lowest BCUT2D eigenvalue weighted by Crippen LogP contribution is -2.53. The summed E-state index contributed by atoms with van der Waals surface area (Å²) in [5.41, 5.74) is 2.77. The van der Waals surface area contributed by atoms with Gasteiger partial charge < -0.3 is 18.9 Å². The minimum absolute atomic E-state index is 0.121. The van der Waals surface area contributed by atoms with Crippen molar-refractivity contribution in [2.75, 3.05) is 38.8 Å². The molecule has 2 bridgehead atoms. The van der Waals surface area contributed by atoms with Crippen LogP contribution in [0.3, 0.4) is 0 Å². The van der Waals surface area contributed by atoms with Crippen LogP contribution in [0.4, 0.5) is 10.5 Å². The number of fused-ring (bicyclic) bond motifs is 3. The summed E-state index contributed by atoms with van der Waals surface area (Å²) in [5.74, 6) is 0.781. The number of methoxy groups -OCH3 is 2. The van der Waals surface area contributed by atoms with Gasteiger partial charge >= 0.3 is 12.1 Å². The highest BCUT2D eigenvalue weighted by Gasteiger charge is 2.37. The molecule has 3 fully saturated rings. The van der Waals surface area contributed by atoms with Crippen molar-refractivity contribution >= 4 is 52.6 Å². The van der Waals surface area contributed by atoms with Gasteiger partial charge in [0.25, 0.3) is 0 Å². The lowest BCUT2D eigenvalue weighted by atomic mass is 9.86. The minimum Gasteiger partial charge on any atom is -0.493 e. The van der Waals surface area contributed by atoms with Gasteiger partial charge in [-0.25, -0.2) is 14.6 Å². The maximum Gasteiger partial charge on any atom is 0.414 e. The van der Waals surface area contributed by atoms with Crippen LogP contribution in [0.5, 0.6) is 11.5 Å². The third kappa shape index (κ3) is 8.07. The first kappa shape index (κ1) is 34.8.